The Labute approximate surface area is 150 Å². The Morgan fingerprint density at radius 2 is 1.84 bits per heavy atom. The molecule has 0 fully saturated rings. The van der Waals surface area contributed by atoms with Crippen LogP contribution in [0.4, 0.5) is 11.4 Å². The molecule has 3 aromatic rings. The molecule has 128 valence electrons. The molecule has 0 saturated heterocycles. The van der Waals surface area contributed by atoms with Crippen molar-refractivity contribution in [3.8, 4) is 0 Å². The van der Waals surface area contributed by atoms with E-state index in [9.17, 15) is 10.1 Å². The summed E-state index contributed by atoms with van der Waals surface area (Å²) in [6.07, 6.45) is 3.96. The third-order valence-corrected chi connectivity index (χ3v) is 5.04. The van der Waals surface area contributed by atoms with Crippen molar-refractivity contribution >= 4 is 45.1 Å². The van der Waals surface area contributed by atoms with Crippen molar-refractivity contribution in [1.82, 2.24) is 4.98 Å². The first-order chi connectivity index (χ1) is 12.1. The molecule has 0 N–H and O–H groups in total. The van der Waals surface area contributed by atoms with E-state index in [1.54, 1.807) is 6.07 Å². The first-order valence-corrected chi connectivity index (χ1v) is 9.00. The minimum Gasteiger partial charge on any atom is -0.372 e. The molecule has 0 bridgehead atoms. The normalized spacial score (nSPS) is 11.3. The summed E-state index contributed by atoms with van der Waals surface area (Å²) in [6, 6.07) is 13.2. The summed E-state index contributed by atoms with van der Waals surface area (Å²) in [4.78, 5) is 17.2. The summed E-state index contributed by atoms with van der Waals surface area (Å²) < 4.78 is 0.946. The average Bonchev–Trinajstić information content (AvgIpc) is 3.04. The second kappa shape index (κ2) is 7.44. The van der Waals surface area contributed by atoms with Gasteiger partial charge in [0.1, 0.15) is 5.01 Å². The number of fused-ring (bicyclic) bond motifs is 1. The number of benzene rings is 2. The number of nitro groups is 1. The van der Waals surface area contributed by atoms with Gasteiger partial charge in [0.05, 0.1) is 15.1 Å². The van der Waals surface area contributed by atoms with Crippen LogP contribution in [0.3, 0.4) is 0 Å². The van der Waals surface area contributed by atoms with Crippen molar-refractivity contribution in [3.63, 3.8) is 0 Å². The number of thiazole rings is 1. The van der Waals surface area contributed by atoms with Crippen molar-refractivity contribution in [1.29, 1.82) is 0 Å². The number of nitro benzene ring substituents is 1. The molecule has 1 aromatic heterocycles. The molecule has 6 heteroatoms. The van der Waals surface area contributed by atoms with Crippen LogP contribution in [0, 0.1) is 10.1 Å². The van der Waals surface area contributed by atoms with Gasteiger partial charge < -0.3 is 4.90 Å². The zero-order valence-corrected chi connectivity index (χ0v) is 15.0. The fraction of sp³-hybridized carbons (Fsp3) is 0.211. The lowest BCUT2D eigenvalue weighted by atomic mass is 10.2. The van der Waals surface area contributed by atoms with E-state index < -0.39 is 4.92 Å². The van der Waals surface area contributed by atoms with Crippen LogP contribution in [0.1, 0.15) is 24.4 Å². The number of aromatic nitrogens is 1. The van der Waals surface area contributed by atoms with Gasteiger partial charge in [-0.1, -0.05) is 18.2 Å². The fourth-order valence-electron chi connectivity index (χ4n) is 2.67. The highest BCUT2D eigenvalue weighted by Gasteiger charge is 2.09. The van der Waals surface area contributed by atoms with Crippen molar-refractivity contribution in [2.24, 2.45) is 0 Å². The third kappa shape index (κ3) is 3.85. The lowest BCUT2D eigenvalue weighted by molar-refractivity contribution is -0.384. The van der Waals surface area contributed by atoms with Crippen LogP contribution < -0.4 is 4.90 Å². The van der Waals surface area contributed by atoms with Crippen LogP contribution in [0.15, 0.2) is 42.5 Å². The first kappa shape index (κ1) is 17.1. The lowest BCUT2D eigenvalue weighted by Crippen LogP contribution is -2.21. The molecule has 0 aliphatic rings. The largest absolute Gasteiger partial charge is 0.372 e. The van der Waals surface area contributed by atoms with E-state index in [-0.39, 0.29) is 5.69 Å². The van der Waals surface area contributed by atoms with Gasteiger partial charge in [0, 0.05) is 30.9 Å². The number of anilines is 1. The molecule has 0 spiro atoms. The molecule has 3 rings (SSSR count). The summed E-state index contributed by atoms with van der Waals surface area (Å²) in [7, 11) is 0. The summed E-state index contributed by atoms with van der Waals surface area (Å²) in [5.74, 6) is 0. The average molecular weight is 353 g/mol. The van der Waals surface area contributed by atoms with Crippen LogP contribution in [0.25, 0.3) is 22.4 Å². The van der Waals surface area contributed by atoms with E-state index in [2.05, 4.69) is 48.0 Å². The number of rotatable bonds is 6. The Morgan fingerprint density at radius 3 is 2.48 bits per heavy atom. The van der Waals surface area contributed by atoms with Crippen LogP contribution in [-0.2, 0) is 0 Å². The third-order valence-electron chi connectivity index (χ3n) is 4.04. The summed E-state index contributed by atoms with van der Waals surface area (Å²) in [6.45, 7) is 6.27. The van der Waals surface area contributed by atoms with Crippen LogP contribution in [0.2, 0.25) is 0 Å². The maximum atomic E-state index is 10.8. The van der Waals surface area contributed by atoms with Gasteiger partial charge in [-0.25, -0.2) is 4.98 Å². The van der Waals surface area contributed by atoms with Gasteiger partial charge >= 0.3 is 0 Å². The van der Waals surface area contributed by atoms with Crippen LogP contribution in [-0.4, -0.2) is 23.0 Å². The predicted molar refractivity (Wildman–Crippen MR) is 105 cm³/mol. The van der Waals surface area contributed by atoms with Gasteiger partial charge in [-0.15, -0.1) is 11.3 Å². The zero-order chi connectivity index (χ0) is 17.8. The summed E-state index contributed by atoms with van der Waals surface area (Å²) in [5.41, 5.74) is 3.05. The Kier molecular flexibility index (Phi) is 5.09. The van der Waals surface area contributed by atoms with Gasteiger partial charge in [0.2, 0.25) is 0 Å². The topological polar surface area (TPSA) is 59.3 Å². The highest BCUT2D eigenvalue weighted by molar-refractivity contribution is 7.19. The number of non-ortho nitro benzene ring substituents is 1. The van der Waals surface area contributed by atoms with Gasteiger partial charge in [-0.05, 0) is 43.7 Å². The first-order valence-electron chi connectivity index (χ1n) is 8.18. The molecular weight excluding hydrogens is 334 g/mol. The van der Waals surface area contributed by atoms with Crippen molar-refractivity contribution in [2.45, 2.75) is 13.8 Å². The Balaban J connectivity index is 1.79. The minimum absolute atomic E-state index is 0.0697. The molecule has 0 aliphatic carbocycles. The van der Waals surface area contributed by atoms with E-state index in [0.717, 1.165) is 28.4 Å². The molecule has 0 saturated carbocycles. The molecule has 25 heavy (non-hydrogen) atoms. The Bertz CT molecular complexity index is 912. The maximum Gasteiger partial charge on any atom is 0.271 e. The highest BCUT2D eigenvalue weighted by Crippen LogP contribution is 2.27. The summed E-state index contributed by atoms with van der Waals surface area (Å²) in [5, 5.41) is 11.7. The fourth-order valence-corrected chi connectivity index (χ4v) is 3.52. The SMILES string of the molecule is CCN(CC)c1ccc(C=Cc2nc3cc([N+](=O)[O-])ccc3s2)cc1. The highest BCUT2D eigenvalue weighted by atomic mass is 32.1. The van der Waals surface area contributed by atoms with E-state index >= 15 is 0 Å². The predicted octanol–water partition coefficient (Wildman–Crippen LogP) is 5.22. The van der Waals surface area contributed by atoms with Crippen LogP contribution >= 0.6 is 11.3 Å². The number of hydrogen-bond acceptors (Lipinski definition) is 5. The molecule has 0 atom stereocenters. The molecule has 2 aromatic carbocycles. The van der Waals surface area contributed by atoms with Gasteiger partial charge in [0.15, 0.2) is 0 Å². The number of hydrogen-bond donors (Lipinski definition) is 0. The molecular formula is C19H19N3O2S. The van der Waals surface area contributed by atoms with E-state index in [4.69, 9.17) is 0 Å². The van der Waals surface area contributed by atoms with Crippen LogP contribution in [0.5, 0.6) is 0 Å². The smallest absolute Gasteiger partial charge is 0.271 e. The second-order valence-corrected chi connectivity index (χ2v) is 6.62. The van der Waals surface area contributed by atoms with E-state index in [1.807, 2.05) is 12.2 Å². The van der Waals surface area contributed by atoms with E-state index in [0.29, 0.717) is 5.52 Å². The van der Waals surface area contributed by atoms with E-state index in [1.165, 1.54) is 29.2 Å². The monoisotopic (exact) mass is 353 g/mol. The van der Waals surface area contributed by atoms with Crippen molar-refractivity contribution in [2.75, 3.05) is 18.0 Å². The second-order valence-electron chi connectivity index (χ2n) is 5.56. The standard InChI is InChI=1S/C19H19N3O2S/c1-3-21(4-2)15-8-5-14(6-9-15)7-12-19-20-17-13-16(22(23)24)10-11-18(17)25-19/h5-13H,3-4H2,1-2H3. The molecule has 0 aliphatic heterocycles. The molecule has 1 heterocycles. The van der Waals surface area contributed by atoms with Gasteiger partial charge in [0.25, 0.3) is 5.69 Å². The quantitative estimate of drug-likeness (QED) is 0.450. The summed E-state index contributed by atoms with van der Waals surface area (Å²) >= 11 is 1.52. The number of nitrogens with zero attached hydrogens (tertiary/aromatic N) is 3. The maximum absolute atomic E-state index is 10.8. The van der Waals surface area contributed by atoms with Gasteiger partial charge in [-0.3, -0.25) is 10.1 Å². The zero-order valence-electron chi connectivity index (χ0n) is 14.2. The molecule has 0 unspecified atom stereocenters. The van der Waals surface area contributed by atoms with Gasteiger partial charge in [-0.2, -0.15) is 0 Å². The Hall–Kier alpha value is -2.73. The lowest BCUT2D eigenvalue weighted by Gasteiger charge is -2.20. The molecule has 5 nitrogen and oxygen atoms in total. The molecule has 0 amide bonds. The van der Waals surface area contributed by atoms with Crippen molar-refractivity contribution in [3.05, 3.63) is 63.1 Å². The minimum atomic E-state index is -0.397. The van der Waals surface area contributed by atoms with Crippen molar-refractivity contribution < 1.29 is 4.92 Å². The Morgan fingerprint density at radius 1 is 1.12 bits per heavy atom. The molecule has 0 radical (unpaired) electrons.